The van der Waals surface area contributed by atoms with E-state index in [-0.39, 0.29) is 0 Å². The molecule has 0 aromatic rings. The Labute approximate surface area is 103 Å². The Morgan fingerprint density at radius 3 is 2.67 bits per heavy atom. The van der Waals surface area contributed by atoms with Crippen LogP contribution in [0.2, 0.25) is 0 Å². The molecule has 2 aliphatic carbocycles. The molecule has 1 nitrogen and oxygen atoms in total. The zero-order chi connectivity index (χ0) is 10.5. The van der Waals surface area contributed by atoms with Gasteiger partial charge in [-0.3, -0.25) is 0 Å². The fraction of sp³-hybridized carbons (Fsp3) is 1.00. The van der Waals surface area contributed by atoms with Crippen LogP contribution in [0.5, 0.6) is 0 Å². The number of halogens is 1. The molecule has 0 heterocycles. The minimum Gasteiger partial charge on any atom is -0.316 e. The average Bonchev–Trinajstić information content (AvgIpc) is 2.85. The summed E-state index contributed by atoms with van der Waals surface area (Å²) >= 11 is 3.47. The fourth-order valence-corrected chi connectivity index (χ4v) is 3.83. The molecule has 0 aliphatic heterocycles. The normalized spacial score (nSPS) is 33.8. The van der Waals surface area contributed by atoms with E-state index in [2.05, 4.69) is 21.2 Å². The minimum absolute atomic E-state index is 1.03. The first-order valence-corrected chi connectivity index (χ1v) is 7.79. The van der Waals surface area contributed by atoms with Gasteiger partial charge in [0.25, 0.3) is 0 Å². The zero-order valence-corrected chi connectivity index (χ0v) is 11.3. The minimum atomic E-state index is 1.03. The summed E-state index contributed by atoms with van der Waals surface area (Å²) in [6.07, 6.45) is 10.2. The molecular weight excluding hydrogens is 250 g/mol. The SMILES string of the molecule is BrCCCCCNCC1CC2CCC1C2. The lowest BCUT2D eigenvalue weighted by Gasteiger charge is -2.21. The molecule has 2 aliphatic rings. The van der Waals surface area contributed by atoms with Gasteiger partial charge in [0.15, 0.2) is 0 Å². The van der Waals surface area contributed by atoms with E-state index in [0.717, 1.165) is 17.8 Å². The Balaban J connectivity index is 1.48. The standard InChI is InChI=1S/C13H24BrN/c14-6-2-1-3-7-15-10-13-9-11-4-5-12(13)8-11/h11-13,15H,1-10H2. The van der Waals surface area contributed by atoms with Gasteiger partial charge < -0.3 is 5.32 Å². The van der Waals surface area contributed by atoms with E-state index in [1.807, 2.05) is 0 Å². The Bertz CT molecular complexity index is 183. The Hall–Kier alpha value is 0.440. The molecule has 2 rings (SSSR count). The number of hydrogen-bond donors (Lipinski definition) is 1. The molecule has 88 valence electrons. The zero-order valence-electron chi connectivity index (χ0n) is 9.68. The molecule has 1 N–H and O–H groups in total. The van der Waals surface area contributed by atoms with Crippen molar-refractivity contribution in [2.45, 2.75) is 44.9 Å². The Morgan fingerprint density at radius 1 is 1.07 bits per heavy atom. The molecule has 0 spiro atoms. The molecule has 0 aromatic carbocycles. The van der Waals surface area contributed by atoms with E-state index in [1.54, 1.807) is 6.42 Å². The first kappa shape index (κ1) is 11.9. The van der Waals surface area contributed by atoms with E-state index in [9.17, 15) is 0 Å². The van der Waals surface area contributed by atoms with Gasteiger partial charge >= 0.3 is 0 Å². The number of alkyl halides is 1. The lowest BCUT2D eigenvalue weighted by atomic mass is 9.89. The fourth-order valence-electron chi connectivity index (χ4n) is 3.44. The summed E-state index contributed by atoms with van der Waals surface area (Å²) in [6, 6.07) is 0. The molecule has 2 heteroatoms. The molecule has 0 saturated heterocycles. The van der Waals surface area contributed by atoms with Crippen LogP contribution < -0.4 is 5.32 Å². The second-order valence-electron chi connectivity index (χ2n) is 5.39. The second-order valence-corrected chi connectivity index (χ2v) is 6.18. The van der Waals surface area contributed by atoms with Gasteiger partial charge in [-0.2, -0.15) is 0 Å². The van der Waals surface area contributed by atoms with Gasteiger partial charge in [0, 0.05) is 5.33 Å². The summed E-state index contributed by atoms with van der Waals surface area (Å²) in [5, 5.41) is 4.82. The number of unbranched alkanes of at least 4 members (excludes halogenated alkanes) is 2. The lowest BCUT2D eigenvalue weighted by Crippen LogP contribution is -2.27. The van der Waals surface area contributed by atoms with Gasteiger partial charge in [-0.25, -0.2) is 0 Å². The number of fused-ring (bicyclic) bond motifs is 2. The van der Waals surface area contributed by atoms with Gasteiger partial charge in [0.05, 0.1) is 0 Å². The van der Waals surface area contributed by atoms with Crippen molar-refractivity contribution in [3.05, 3.63) is 0 Å². The molecule has 0 radical (unpaired) electrons. The summed E-state index contributed by atoms with van der Waals surface area (Å²) in [4.78, 5) is 0. The maximum atomic E-state index is 3.66. The van der Waals surface area contributed by atoms with E-state index < -0.39 is 0 Å². The van der Waals surface area contributed by atoms with Crippen LogP contribution in [-0.4, -0.2) is 18.4 Å². The average molecular weight is 274 g/mol. The highest BCUT2D eigenvalue weighted by Gasteiger charge is 2.38. The monoisotopic (exact) mass is 273 g/mol. The third-order valence-electron chi connectivity index (χ3n) is 4.28. The first-order valence-electron chi connectivity index (χ1n) is 6.67. The van der Waals surface area contributed by atoms with Crippen molar-refractivity contribution < 1.29 is 0 Å². The third kappa shape index (κ3) is 3.45. The summed E-state index contributed by atoms with van der Waals surface area (Å²) < 4.78 is 0. The van der Waals surface area contributed by atoms with Crippen LogP contribution in [0.15, 0.2) is 0 Å². The lowest BCUT2D eigenvalue weighted by molar-refractivity contribution is 0.318. The number of rotatable bonds is 7. The van der Waals surface area contributed by atoms with Gasteiger partial charge in [-0.05, 0) is 62.9 Å². The highest BCUT2D eigenvalue weighted by atomic mass is 79.9. The quantitative estimate of drug-likeness (QED) is 0.552. The van der Waals surface area contributed by atoms with Crippen LogP contribution in [0.1, 0.15) is 44.9 Å². The van der Waals surface area contributed by atoms with Gasteiger partial charge in [0.2, 0.25) is 0 Å². The van der Waals surface area contributed by atoms with E-state index in [1.165, 1.54) is 56.9 Å². The van der Waals surface area contributed by atoms with E-state index in [0.29, 0.717) is 0 Å². The van der Waals surface area contributed by atoms with Crippen molar-refractivity contribution in [3.8, 4) is 0 Å². The predicted octanol–water partition coefficient (Wildman–Crippen LogP) is 3.58. The predicted molar refractivity (Wildman–Crippen MR) is 69.5 cm³/mol. The van der Waals surface area contributed by atoms with Crippen molar-refractivity contribution in [1.82, 2.24) is 5.32 Å². The molecule has 0 amide bonds. The second kappa shape index (κ2) is 6.24. The summed E-state index contributed by atoms with van der Waals surface area (Å²) in [7, 11) is 0. The molecule has 2 fully saturated rings. The van der Waals surface area contributed by atoms with Crippen LogP contribution in [0.3, 0.4) is 0 Å². The van der Waals surface area contributed by atoms with Crippen molar-refractivity contribution in [2.75, 3.05) is 18.4 Å². The summed E-state index contributed by atoms with van der Waals surface area (Å²) in [5.41, 5.74) is 0. The highest BCUT2D eigenvalue weighted by molar-refractivity contribution is 9.09. The summed E-state index contributed by atoms with van der Waals surface area (Å²) in [6.45, 7) is 2.54. The Kier molecular flexibility index (Phi) is 4.96. The van der Waals surface area contributed by atoms with Gasteiger partial charge in [-0.15, -0.1) is 0 Å². The van der Waals surface area contributed by atoms with Gasteiger partial charge in [0.1, 0.15) is 0 Å². The molecule has 2 bridgehead atoms. The number of hydrogen-bond acceptors (Lipinski definition) is 1. The molecule has 3 atom stereocenters. The maximum Gasteiger partial charge on any atom is 0.00313 e. The van der Waals surface area contributed by atoms with E-state index >= 15 is 0 Å². The first-order chi connectivity index (χ1) is 7.40. The molecule has 3 unspecified atom stereocenters. The van der Waals surface area contributed by atoms with Crippen molar-refractivity contribution in [2.24, 2.45) is 17.8 Å². The molecule has 15 heavy (non-hydrogen) atoms. The highest BCUT2D eigenvalue weighted by Crippen LogP contribution is 2.47. The van der Waals surface area contributed by atoms with Crippen LogP contribution in [0, 0.1) is 17.8 Å². The molecular formula is C13H24BrN. The number of nitrogens with one attached hydrogen (secondary N) is 1. The third-order valence-corrected chi connectivity index (χ3v) is 4.84. The van der Waals surface area contributed by atoms with Crippen molar-refractivity contribution >= 4 is 15.9 Å². The maximum absolute atomic E-state index is 3.66. The smallest absolute Gasteiger partial charge is 0.00313 e. The topological polar surface area (TPSA) is 12.0 Å². The molecule has 2 saturated carbocycles. The van der Waals surface area contributed by atoms with Crippen LogP contribution in [0.4, 0.5) is 0 Å². The van der Waals surface area contributed by atoms with Crippen LogP contribution in [-0.2, 0) is 0 Å². The van der Waals surface area contributed by atoms with Gasteiger partial charge in [-0.1, -0.05) is 28.8 Å². The van der Waals surface area contributed by atoms with Crippen LogP contribution in [0.25, 0.3) is 0 Å². The largest absolute Gasteiger partial charge is 0.316 e. The van der Waals surface area contributed by atoms with Crippen molar-refractivity contribution in [3.63, 3.8) is 0 Å². The van der Waals surface area contributed by atoms with Crippen molar-refractivity contribution in [1.29, 1.82) is 0 Å². The van der Waals surface area contributed by atoms with E-state index in [4.69, 9.17) is 0 Å². The Morgan fingerprint density at radius 2 is 2.00 bits per heavy atom. The van der Waals surface area contributed by atoms with Crippen LogP contribution >= 0.6 is 15.9 Å². The molecule has 0 aromatic heterocycles. The summed E-state index contributed by atoms with van der Waals surface area (Å²) in [5.74, 6) is 3.22.